The fourth-order valence-electron chi connectivity index (χ4n) is 1.46. The number of unbranched alkanes of at least 4 members (excludes halogenated alkanes) is 2. The lowest BCUT2D eigenvalue weighted by Gasteiger charge is -2.20. The number of nitriles is 1. The molecular formula is C11H19NO2. The van der Waals surface area contributed by atoms with Crippen LogP contribution in [0.1, 0.15) is 52.4 Å². The second kappa shape index (κ2) is 6.42. The number of nitrogens with zero attached hydrogens (tertiary/aromatic N) is 1. The quantitative estimate of drug-likeness (QED) is 0.682. The van der Waals surface area contributed by atoms with Crippen LogP contribution in [0.5, 0.6) is 0 Å². The number of carboxylic acids is 1. The van der Waals surface area contributed by atoms with E-state index in [0.717, 1.165) is 25.7 Å². The van der Waals surface area contributed by atoms with Crippen molar-refractivity contribution < 1.29 is 9.90 Å². The van der Waals surface area contributed by atoms with Crippen molar-refractivity contribution in [3.63, 3.8) is 0 Å². The molecule has 0 saturated heterocycles. The molecule has 0 saturated carbocycles. The Morgan fingerprint density at radius 2 is 1.71 bits per heavy atom. The van der Waals surface area contributed by atoms with E-state index in [1.54, 1.807) is 0 Å². The molecule has 0 aliphatic heterocycles. The smallest absolute Gasteiger partial charge is 0.324 e. The van der Waals surface area contributed by atoms with Crippen molar-refractivity contribution in [1.29, 1.82) is 5.26 Å². The van der Waals surface area contributed by atoms with Crippen molar-refractivity contribution >= 4 is 5.97 Å². The minimum atomic E-state index is -1.13. The van der Waals surface area contributed by atoms with E-state index in [1.165, 1.54) is 0 Å². The second-order valence-corrected chi connectivity index (χ2v) is 3.71. The monoisotopic (exact) mass is 197 g/mol. The second-order valence-electron chi connectivity index (χ2n) is 3.71. The van der Waals surface area contributed by atoms with Gasteiger partial charge in [-0.1, -0.05) is 39.5 Å². The van der Waals surface area contributed by atoms with Crippen LogP contribution in [0.15, 0.2) is 0 Å². The third-order valence-corrected chi connectivity index (χ3v) is 2.54. The highest BCUT2D eigenvalue weighted by molar-refractivity contribution is 5.77. The first-order chi connectivity index (χ1) is 6.63. The first-order valence-corrected chi connectivity index (χ1v) is 5.27. The predicted octanol–water partition coefficient (Wildman–Crippen LogP) is 2.96. The summed E-state index contributed by atoms with van der Waals surface area (Å²) in [6, 6.07) is 1.99. The van der Waals surface area contributed by atoms with Crippen LogP contribution >= 0.6 is 0 Å². The number of aliphatic carboxylic acids is 1. The van der Waals surface area contributed by atoms with Crippen molar-refractivity contribution in [2.75, 3.05) is 0 Å². The Morgan fingerprint density at radius 1 is 1.29 bits per heavy atom. The van der Waals surface area contributed by atoms with E-state index < -0.39 is 11.4 Å². The van der Waals surface area contributed by atoms with Crippen LogP contribution < -0.4 is 0 Å². The van der Waals surface area contributed by atoms with E-state index in [1.807, 2.05) is 19.9 Å². The minimum Gasteiger partial charge on any atom is -0.480 e. The molecule has 0 rings (SSSR count). The maximum absolute atomic E-state index is 11.0. The molecule has 3 nitrogen and oxygen atoms in total. The molecule has 0 fully saturated rings. The van der Waals surface area contributed by atoms with Crippen molar-refractivity contribution in [3.05, 3.63) is 0 Å². The zero-order chi connectivity index (χ0) is 11.0. The van der Waals surface area contributed by atoms with Gasteiger partial charge in [0.15, 0.2) is 5.41 Å². The Kier molecular flexibility index (Phi) is 5.94. The molecule has 0 aromatic rings. The van der Waals surface area contributed by atoms with Gasteiger partial charge in [0.1, 0.15) is 0 Å². The first-order valence-electron chi connectivity index (χ1n) is 5.27. The SMILES string of the molecule is CCCCC(C#N)(CCCC)C(=O)O. The molecule has 0 aromatic heterocycles. The zero-order valence-electron chi connectivity index (χ0n) is 9.05. The average molecular weight is 197 g/mol. The molecular weight excluding hydrogens is 178 g/mol. The van der Waals surface area contributed by atoms with Crippen LogP contribution in [0, 0.1) is 16.7 Å². The fraction of sp³-hybridized carbons (Fsp3) is 0.818. The van der Waals surface area contributed by atoms with Gasteiger partial charge < -0.3 is 5.11 Å². The standard InChI is InChI=1S/C11H19NO2/c1-3-5-7-11(9-12,10(13)14)8-6-4-2/h3-8H2,1-2H3,(H,13,14). The molecule has 0 radical (unpaired) electrons. The van der Waals surface area contributed by atoms with Gasteiger partial charge in [-0.2, -0.15) is 5.26 Å². The van der Waals surface area contributed by atoms with Crippen LogP contribution in [0.3, 0.4) is 0 Å². The van der Waals surface area contributed by atoms with Gasteiger partial charge in [-0.25, -0.2) is 0 Å². The third-order valence-electron chi connectivity index (χ3n) is 2.54. The van der Waals surface area contributed by atoms with Gasteiger partial charge in [0.25, 0.3) is 0 Å². The Morgan fingerprint density at radius 3 is 1.93 bits per heavy atom. The Balaban J connectivity index is 4.46. The van der Waals surface area contributed by atoms with E-state index >= 15 is 0 Å². The van der Waals surface area contributed by atoms with Gasteiger partial charge in [-0.3, -0.25) is 4.79 Å². The molecule has 0 aromatic carbocycles. The zero-order valence-corrected chi connectivity index (χ0v) is 9.05. The third kappa shape index (κ3) is 3.37. The lowest BCUT2D eigenvalue weighted by molar-refractivity contribution is -0.146. The number of rotatable bonds is 7. The van der Waals surface area contributed by atoms with Gasteiger partial charge in [-0.05, 0) is 12.8 Å². The number of hydrogen-bond acceptors (Lipinski definition) is 2. The summed E-state index contributed by atoms with van der Waals surface area (Å²) in [6.07, 6.45) is 4.45. The lowest BCUT2D eigenvalue weighted by Crippen LogP contribution is -2.29. The summed E-state index contributed by atoms with van der Waals surface area (Å²) in [4.78, 5) is 11.0. The molecule has 0 heterocycles. The molecule has 0 amide bonds. The van der Waals surface area contributed by atoms with Crippen LogP contribution in [0.2, 0.25) is 0 Å². The fourth-order valence-corrected chi connectivity index (χ4v) is 1.46. The van der Waals surface area contributed by atoms with Crippen LogP contribution in [-0.2, 0) is 4.79 Å². The predicted molar refractivity (Wildman–Crippen MR) is 54.7 cm³/mol. The molecule has 0 bridgehead atoms. The van der Waals surface area contributed by atoms with Crippen LogP contribution in [0.4, 0.5) is 0 Å². The number of hydrogen-bond donors (Lipinski definition) is 1. The van der Waals surface area contributed by atoms with Crippen molar-refractivity contribution in [1.82, 2.24) is 0 Å². The van der Waals surface area contributed by atoms with Gasteiger partial charge in [0, 0.05) is 0 Å². The highest BCUT2D eigenvalue weighted by atomic mass is 16.4. The molecule has 0 aliphatic rings. The van der Waals surface area contributed by atoms with Crippen LogP contribution in [0.25, 0.3) is 0 Å². The highest BCUT2D eigenvalue weighted by Crippen LogP contribution is 2.30. The van der Waals surface area contributed by atoms with E-state index in [2.05, 4.69) is 0 Å². The Labute approximate surface area is 85.7 Å². The summed E-state index contributed by atoms with van der Waals surface area (Å²) < 4.78 is 0. The highest BCUT2D eigenvalue weighted by Gasteiger charge is 2.37. The average Bonchev–Trinajstić information content (AvgIpc) is 2.18. The lowest BCUT2D eigenvalue weighted by atomic mass is 9.80. The number of carboxylic acid groups (broad SMARTS) is 1. The summed E-state index contributed by atoms with van der Waals surface area (Å²) in [5, 5.41) is 18.0. The maximum Gasteiger partial charge on any atom is 0.324 e. The van der Waals surface area contributed by atoms with Gasteiger partial charge in [0.05, 0.1) is 6.07 Å². The molecule has 0 unspecified atom stereocenters. The molecule has 14 heavy (non-hydrogen) atoms. The molecule has 1 N–H and O–H groups in total. The van der Waals surface area contributed by atoms with Gasteiger partial charge >= 0.3 is 5.97 Å². The molecule has 0 spiro atoms. The summed E-state index contributed by atoms with van der Waals surface area (Å²) in [7, 11) is 0. The number of carbonyl (C=O) groups is 1. The maximum atomic E-state index is 11.0. The minimum absolute atomic E-state index is 0.481. The first kappa shape index (κ1) is 13.0. The summed E-state index contributed by atoms with van der Waals surface area (Å²) in [5.41, 5.74) is -1.13. The van der Waals surface area contributed by atoms with E-state index in [4.69, 9.17) is 10.4 Å². The van der Waals surface area contributed by atoms with Crippen molar-refractivity contribution in [2.24, 2.45) is 5.41 Å². The van der Waals surface area contributed by atoms with E-state index in [9.17, 15) is 4.79 Å². The summed E-state index contributed by atoms with van der Waals surface area (Å²) >= 11 is 0. The molecule has 0 aliphatic carbocycles. The van der Waals surface area contributed by atoms with Crippen molar-refractivity contribution in [3.8, 4) is 6.07 Å². The van der Waals surface area contributed by atoms with Gasteiger partial charge in [-0.15, -0.1) is 0 Å². The Hall–Kier alpha value is -1.04. The molecule has 0 atom stereocenters. The van der Waals surface area contributed by atoms with E-state index in [-0.39, 0.29) is 0 Å². The molecule has 80 valence electrons. The van der Waals surface area contributed by atoms with Crippen LogP contribution in [-0.4, -0.2) is 11.1 Å². The summed E-state index contributed by atoms with van der Waals surface area (Å²) in [6.45, 7) is 4.01. The normalized spacial score (nSPS) is 10.9. The summed E-state index contributed by atoms with van der Waals surface area (Å²) in [5.74, 6) is -0.957. The van der Waals surface area contributed by atoms with E-state index in [0.29, 0.717) is 12.8 Å². The van der Waals surface area contributed by atoms with Gasteiger partial charge in [0.2, 0.25) is 0 Å². The topological polar surface area (TPSA) is 61.1 Å². The Bertz CT molecular complexity index is 210. The largest absolute Gasteiger partial charge is 0.480 e. The molecule has 3 heteroatoms. The van der Waals surface area contributed by atoms with Crippen molar-refractivity contribution in [2.45, 2.75) is 52.4 Å².